The lowest BCUT2D eigenvalue weighted by atomic mass is 10.3. The summed E-state index contributed by atoms with van der Waals surface area (Å²) in [6, 6.07) is 0. The summed E-state index contributed by atoms with van der Waals surface area (Å²) in [5.74, 6) is 0.397. The van der Waals surface area contributed by atoms with Crippen molar-refractivity contribution in [3.63, 3.8) is 0 Å². The molecule has 25 heavy (non-hydrogen) atoms. The van der Waals surface area contributed by atoms with Crippen molar-refractivity contribution in [2.24, 2.45) is 7.05 Å². The van der Waals surface area contributed by atoms with E-state index in [0.717, 1.165) is 0 Å². The minimum atomic E-state index is -3.67. The average molecular weight is 364 g/mol. The Bertz CT molecular complexity index is 845. The molecule has 10 heteroatoms. The van der Waals surface area contributed by atoms with Gasteiger partial charge in [-0.25, -0.2) is 18.4 Å². The van der Waals surface area contributed by atoms with Gasteiger partial charge in [-0.1, -0.05) is 0 Å². The summed E-state index contributed by atoms with van der Waals surface area (Å²) in [4.78, 5) is 26.1. The Morgan fingerprint density at radius 2 is 1.96 bits per heavy atom. The zero-order valence-electron chi connectivity index (χ0n) is 14.2. The molecule has 1 fully saturated rings. The van der Waals surface area contributed by atoms with E-state index in [2.05, 4.69) is 15.0 Å². The van der Waals surface area contributed by atoms with Gasteiger partial charge in [0, 0.05) is 51.8 Å². The van der Waals surface area contributed by atoms with Crippen LogP contribution in [0.1, 0.15) is 22.7 Å². The van der Waals surface area contributed by atoms with Crippen LogP contribution in [-0.2, 0) is 17.1 Å². The highest BCUT2D eigenvalue weighted by Gasteiger charge is 2.30. The van der Waals surface area contributed by atoms with E-state index in [0.29, 0.717) is 31.9 Å². The van der Waals surface area contributed by atoms with Gasteiger partial charge in [-0.05, 0) is 13.3 Å². The second kappa shape index (κ2) is 6.89. The monoisotopic (exact) mass is 364 g/mol. The largest absolute Gasteiger partial charge is 0.337 e. The van der Waals surface area contributed by atoms with Crippen LogP contribution in [0.5, 0.6) is 0 Å². The number of imidazole rings is 1. The lowest BCUT2D eigenvalue weighted by Crippen LogP contribution is -2.37. The highest BCUT2D eigenvalue weighted by Crippen LogP contribution is 2.17. The van der Waals surface area contributed by atoms with E-state index < -0.39 is 10.0 Å². The van der Waals surface area contributed by atoms with Crippen molar-refractivity contribution >= 4 is 15.9 Å². The lowest BCUT2D eigenvalue weighted by Gasteiger charge is -2.21. The Kier molecular flexibility index (Phi) is 4.82. The number of nitrogens with zero attached hydrogens (tertiary/aromatic N) is 6. The molecule has 0 bridgehead atoms. The third-order valence-electron chi connectivity index (χ3n) is 4.22. The first kappa shape index (κ1) is 17.5. The minimum Gasteiger partial charge on any atom is -0.337 e. The Morgan fingerprint density at radius 1 is 1.16 bits per heavy atom. The molecule has 0 aromatic carbocycles. The third kappa shape index (κ3) is 3.54. The van der Waals surface area contributed by atoms with Crippen LogP contribution in [-0.4, -0.2) is 69.2 Å². The van der Waals surface area contributed by atoms with Crippen molar-refractivity contribution in [2.45, 2.75) is 18.4 Å². The average Bonchev–Trinajstić information content (AvgIpc) is 2.82. The zero-order chi connectivity index (χ0) is 18.0. The highest BCUT2D eigenvalue weighted by molar-refractivity contribution is 7.89. The molecule has 1 aliphatic rings. The SMILES string of the molecule is Cc1nc(S(=O)(=O)N2CCCN(C(=O)c3cnccn3)CC2)cn1C. The normalized spacial score (nSPS) is 16.6. The molecular formula is C15H20N6O3S. The quantitative estimate of drug-likeness (QED) is 0.763. The van der Waals surface area contributed by atoms with Gasteiger partial charge in [0.1, 0.15) is 11.5 Å². The molecule has 0 radical (unpaired) electrons. The number of aromatic nitrogens is 4. The van der Waals surface area contributed by atoms with Crippen molar-refractivity contribution in [1.29, 1.82) is 0 Å². The Morgan fingerprint density at radius 3 is 2.60 bits per heavy atom. The minimum absolute atomic E-state index is 0.0428. The van der Waals surface area contributed by atoms with E-state index in [1.807, 2.05) is 0 Å². The molecule has 1 saturated heterocycles. The Labute approximate surface area is 146 Å². The molecule has 2 aromatic rings. The van der Waals surface area contributed by atoms with Crippen molar-refractivity contribution in [1.82, 2.24) is 28.7 Å². The number of aryl methyl sites for hydroxylation is 2. The Hall–Kier alpha value is -2.33. The van der Waals surface area contributed by atoms with E-state index in [-0.39, 0.29) is 23.2 Å². The van der Waals surface area contributed by atoms with Crippen LogP contribution in [0.2, 0.25) is 0 Å². The predicted molar refractivity (Wildman–Crippen MR) is 89.3 cm³/mol. The van der Waals surface area contributed by atoms with Crippen LogP contribution in [0.4, 0.5) is 0 Å². The number of rotatable bonds is 3. The summed E-state index contributed by atoms with van der Waals surface area (Å²) >= 11 is 0. The molecule has 0 aliphatic carbocycles. The molecule has 9 nitrogen and oxygen atoms in total. The summed E-state index contributed by atoms with van der Waals surface area (Å²) < 4.78 is 28.6. The van der Waals surface area contributed by atoms with Gasteiger partial charge in [0.25, 0.3) is 15.9 Å². The van der Waals surface area contributed by atoms with Gasteiger partial charge in [-0.15, -0.1) is 0 Å². The maximum absolute atomic E-state index is 12.8. The second-order valence-electron chi connectivity index (χ2n) is 5.88. The summed E-state index contributed by atoms with van der Waals surface area (Å²) in [5, 5.41) is 0.0428. The first-order valence-electron chi connectivity index (χ1n) is 7.95. The van der Waals surface area contributed by atoms with Gasteiger partial charge >= 0.3 is 0 Å². The van der Waals surface area contributed by atoms with Crippen LogP contribution in [0.25, 0.3) is 0 Å². The smallest absolute Gasteiger partial charge is 0.274 e. The molecule has 134 valence electrons. The number of hydrogen-bond donors (Lipinski definition) is 0. The van der Waals surface area contributed by atoms with E-state index in [1.54, 1.807) is 23.4 Å². The fraction of sp³-hybridized carbons (Fsp3) is 0.467. The standard InChI is InChI=1S/C15H20N6O3S/c1-12-18-14(11-19(12)2)25(23,24)21-7-3-6-20(8-9-21)15(22)13-10-16-4-5-17-13/h4-5,10-11H,3,6-9H2,1-2H3. The molecule has 1 aliphatic heterocycles. The molecule has 3 rings (SSSR count). The third-order valence-corrected chi connectivity index (χ3v) is 5.99. The number of carbonyl (C=O) groups is 1. The van der Waals surface area contributed by atoms with E-state index in [4.69, 9.17) is 0 Å². The summed E-state index contributed by atoms with van der Waals surface area (Å²) in [7, 11) is -1.91. The molecule has 0 spiro atoms. The molecule has 0 saturated carbocycles. The van der Waals surface area contributed by atoms with E-state index in [9.17, 15) is 13.2 Å². The topological polar surface area (TPSA) is 101 Å². The van der Waals surface area contributed by atoms with Gasteiger partial charge in [-0.2, -0.15) is 4.31 Å². The van der Waals surface area contributed by atoms with Crippen molar-refractivity contribution in [3.8, 4) is 0 Å². The molecule has 0 atom stereocenters. The maximum atomic E-state index is 12.8. The lowest BCUT2D eigenvalue weighted by molar-refractivity contribution is 0.0758. The fourth-order valence-electron chi connectivity index (χ4n) is 2.69. The number of hydrogen-bond acceptors (Lipinski definition) is 6. The molecule has 0 N–H and O–H groups in total. The van der Waals surface area contributed by atoms with Crippen molar-refractivity contribution in [2.75, 3.05) is 26.2 Å². The highest BCUT2D eigenvalue weighted by atomic mass is 32.2. The van der Waals surface area contributed by atoms with Crippen LogP contribution < -0.4 is 0 Å². The first-order chi connectivity index (χ1) is 11.9. The molecule has 0 unspecified atom stereocenters. The van der Waals surface area contributed by atoms with Crippen molar-refractivity contribution < 1.29 is 13.2 Å². The van der Waals surface area contributed by atoms with E-state index >= 15 is 0 Å². The second-order valence-corrected chi connectivity index (χ2v) is 7.76. The van der Waals surface area contributed by atoms with Gasteiger partial charge in [0.2, 0.25) is 0 Å². The molecular weight excluding hydrogens is 344 g/mol. The first-order valence-corrected chi connectivity index (χ1v) is 9.39. The number of amides is 1. The summed E-state index contributed by atoms with van der Waals surface area (Å²) in [5.41, 5.74) is 0.263. The maximum Gasteiger partial charge on any atom is 0.274 e. The van der Waals surface area contributed by atoms with Gasteiger partial charge in [0.05, 0.1) is 6.20 Å². The van der Waals surface area contributed by atoms with Gasteiger partial charge in [-0.3, -0.25) is 9.78 Å². The van der Waals surface area contributed by atoms with Gasteiger partial charge in [0.15, 0.2) is 5.03 Å². The van der Waals surface area contributed by atoms with E-state index in [1.165, 1.54) is 29.1 Å². The predicted octanol–water partition coefficient (Wildman–Crippen LogP) is 0.0553. The molecule has 3 heterocycles. The van der Waals surface area contributed by atoms with Crippen LogP contribution >= 0.6 is 0 Å². The van der Waals surface area contributed by atoms with Gasteiger partial charge < -0.3 is 9.47 Å². The van der Waals surface area contributed by atoms with Crippen LogP contribution in [0.15, 0.2) is 29.8 Å². The Balaban J connectivity index is 1.74. The van der Waals surface area contributed by atoms with Crippen LogP contribution in [0, 0.1) is 6.92 Å². The summed E-state index contributed by atoms with van der Waals surface area (Å²) in [6.07, 6.45) is 6.45. The molecule has 2 aromatic heterocycles. The fourth-order valence-corrected chi connectivity index (χ4v) is 4.19. The van der Waals surface area contributed by atoms with Crippen molar-refractivity contribution in [3.05, 3.63) is 36.3 Å². The number of carbonyl (C=O) groups excluding carboxylic acids is 1. The zero-order valence-corrected chi connectivity index (χ0v) is 15.0. The van der Waals surface area contributed by atoms with Crippen LogP contribution in [0.3, 0.4) is 0 Å². The summed E-state index contributed by atoms with van der Waals surface area (Å²) in [6.45, 7) is 3.11. The molecule has 1 amide bonds. The number of sulfonamides is 1.